The topological polar surface area (TPSA) is 38.4 Å². The summed E-state index contributed by atoms with van der Waals surface area (Å²) < 4.78 is 6.42. The summed E-state index contributed by atoms with van der Waals surface area (Å²) in [7, 11) is 0. The number of hydrogen-bond acceptors (Lipinski definition) is 3. The molecular formula is C41H30N2O. The summed E-state index contributed by atoms with van der Waals surface area (Å²) in [5.41, 5.74) is 10.8. The van der Waals surface area contributed by atoms with Gasteiger partial charge in [0.15, 0.2) is 5.58 Å². The highest BCUT2D eigenvalue weighted by Crippen LogP contribution is 2.39. The Morgan fingerprint density at radius 2 is 1.27 bits per heavy atom. The molecule has 2 aromatic heterocycles. The largest absolute Gasteiger partial charge is 0.454 e. The van der Waals surface area contributed by atoms with E-state index in [2.05, 4.69) is 79.9 Å². The number of benzene rings is 5. The van der Waals surface area contributed by atoms with E-state index in [1.54, 1.807) is 0 Å². The maximum absolute atomic E-state index is 6.42. The number of fused-ring (bicyclic) bond motifs is 5. The summed E-state index contributed by atoms with van der Waals surface area (Å²) in [4.78, 5) is 10.3. The van der Waals surface area contributed by atoms with Crippen LogP contribution in [0.2, 0.25) is 0 Å². The van der Waals surface area contributed by atoms with Crippen molar-refractivity contribution in [1.82, 2.24) is 4.98 Å². The van der Waals surface area contributed by atoms with Gasteiger partial charge in [-0.05, 0) is 41.8 Å². The van der Waals surface area contributed by atoms with Crippen molar-refractivity contribution in [2.75, 3.05) is 0 Å². The first-order valence-electron chi connectivity index (χ1n) is 14.6. The minimum absolute atomic E-state index is 0.792. The number of allylic oxidation sites excluding steroid dienone is 3. The van der Waals surface area contributed by atoms with Crippen LogP contribution in [-0.4, -0.2) is 10.7 Å². The van der Waals surface area contributed by atoms with E-state index >= 15 is 0 Å². The third kappa shape index (κ3) is 5.05. The molecule has 0 aliphatic rings. The van der Waals surface area contributed by atoms with Crippen LogP contribution in [0.3, 0.4) is 0 Å². The van der Waals surface area contributed by atoms with Crippen molar-refractivity contribution in [2.45, 2.75) is 6.92 Å². The van der Waals surface area contributed by atoms with Gasteiger partial charge in [0.05, 0.1) is 16.9 Å². The van der Waals surface area contributed by atoms with Gasteiger partial charge >= 0.3 is 0 Å². The van der Waals surface area contributed by atoms with Crippen LogP contribution in [0.1, 0.15) is 23.6 Å². The third-order valence-electron chi connectivity index (χ3n) is 7.81. The summed E-state index contributed by atoms with van der Waals surface area (Å²) in [5, 5.41) is 3.26. The van der Waals surface area contributed by atoms with Crippen molar-refractivity contribution >= 4 is 49.8 Å². The quantitative estimate of drug-likeness (QED) is 0.142. The first-order chi connectivity index (χ1) is 21.6. The van der Waals surface area contributed by atoms with E-state index in [0.717, 1.165) is 83.3 Å². The van der Waals surface area contributed by atoms with E-state index in [1.807, 2.05) is 79.7 Å². The van der Waals surface area contributed by atoms with E-state index < -0.39 is 0 Å². The fourth-order valence-corrected chi connectivity index (χ4v) is 5.63. The molecule has 210 valence electrons. The highest BCUT2D eigenvalue weighted by molar-refractivity contribution is 6.21. The first-order valence-corrected chi connectivity index (χ1v) is 14.6. The normalized spacial score (nSPS) is 12.2. The fraction of sp³-hybridized carbons (Fsp3) is 0.0244. The molecule has 0 saturated carbocycles. The van der Waals surface area contributed by atoms with Crippen molar-refractivity contribution in [1.29, 1.82) is 0 Å². The number of rotatable bonds is 7. The Bertz CT molecular complexity index is 2240. The van der Waals surface area contributed by atoms with Crippen LogP contribution < -0.4 is 0 Å². The zero-order valence-corrected chi connectivity index (χ0v) is 24.5. The lowest BCUT2D eigenvalue weighted by Crippen LogP contribution is -2.03. The Kier molecular flexibility index (Phi) is 7.05. The van der Waals surface area contributed by atoms with Gasteiger partial charge in [-0.25, -0.2) is 9.98 Å². The lowest BCUT2D eigenvalue weighted by atomic mass is 9.99. The predicted octanol–water partition coefficient (Wildman–Crippen LogP) is 10.9. The molecule has 0 amide bonds. The van der Waals surface area contributed by atoms with Crippen LogP contribution in [0.15, 0.2) is 168 Å². The van der Waals surface area contributed by atoms with Crippen LogP contribution in [-0.2, 0) is 0 Å². The number of pyridine rings is 1. The average Bonchev–Trinajstić information content (AvgIpc) is 3.47. The Morgan fingerprint density at radius 3 is 1.98 bits per heavy atom. The lowest BCUT2D eigenvalue weighted by molar-refractivity contribution is 0.669. The summed E-state index contributed by atoms with van der Waals surface area (Å²) >= 11 is 0. The highest BCUT2D eigenvalue weighted by Gasteiger charge is 2.18. The second-order valence-electron chi connectivity index (χ2n) is 10.9. The van der Waals surface area contributed by atoms with Gasteiger partial charge in [0.25, 0.3) is 0 Å². The molecule has 7 rings (SSSR count). The van der Waals surface area contributed by atoms with Crippen molar-refractivity contribution in [2.24, 2.45) is 4.99 Å². The smallest absolute Gasteiger partial charge is 0.162 e. The van der Waals surface area contributed by atoms with Crippen molar-refractivity contribution < 1.29 is 4.42 Å². The maximum Gasteiger partial charge on any atom is 0.162 e. The number of hydrogen-bond donors (Lipinski definition) is 0. The molecule has 0 radical (unpaired) electrons. The molecule has 0 atom stereocenters. The van der Waals surface area contributed by atoms with E-state index in [1.165, 1.54) is 0 Å². The molecule has 3 nitrogen and oxygen atoms in total. The Morgan fingerprint density at radius 1 is 0.659 bits per heavy atom. The molecule has 7 aromatic rings. The number of para-hydroxylation sites is 2. The highest BCUT2D eigenvalue weighted by atomic mass is 16.3. The van der Waals surface area contributed by atoms with E-state index in [-0.39, 0.29) is 0 Å². The summed E-state index contributed by atoms with van der Waals surface area (Å²) in [6.45, 7) is 10.6. The minimum atomic E-state index is 0.792. The number of aromatic nitrogens is 1. The molecule has 5 aromatic carbocycles. The SMILES string of the molecule is C=C(C)/C(=N\C(=C/C(=C)c1ccccc1)c1ccccc1)c1ccc(-c2nc3ccccc3c3c2oc2ccccc23)cc1. The number of furan rings is 1. The molecule has 0 saturated heterocycles. The van der Waals surface area contributed by atoms with E-state index in [0.29, 0.717) is 0 Å². The number of aliphatic imine (C=N–C) groups is 1. The standard InChI is InChI=1S/C41H30N2O/c1-27(2)39(43-36(30-16-8-5-9-17-30)26-28(3)29-14-6-4-7-15-29)31-22-24-32(25-23-31)40-41-38(33-18-10-12-20-35(33)42-40)34-19-11-13-21-37(34)44-41/h4-26H,1,3H2,2H3/b36-26-,43-39+. The third-order valence-corrected chi connectivity index (χ3v) is 7.81. The van der Waals surface area contributed by atoms with Crippen LogP contribution in [0, 0.1) is 0 Å². The van der Waals surface area contributed by atoms with Crippen LogP contribution in [0.5, 0.6) is 0 Å². The van der Waals surface area contributed by atoms with Gasteiger partial charge in [0.2, 0.25) is 0 Å². The Labute approximate surface area is 256 Å². The second kappa shape index (κ2) is 11.5. The van der Waals surface area contributed by atoms with Gasteiger partial charge in [-0.3, -0.25) is 0 Å². The van der Waals surface area contributed by atoms with Crippen LogP contribution in [0.25, 0.3) is 55.4 Å². The summed E-state index contributed by atoms with van der Waals surface area (Å²) in [6, 6.07) is 45.1. The molecule has 3 heteroatoms. The van der Waals surface area contributed by atoms with Gasteiger partial charge in [-0.15, -0.1) is 0 Å². The molecule has 44 heavy (non-hydrogen) atoms. The van der Waals surface area contributed by atoms with Gasteiger partial charge in [0, 0.05) is 32.8 Å². The molecule has 0 aliphatic heterocycles. The molecule has 0 fully saturated rings. The molecule has 0 unspecified atom stereocenters. The molecule has 0 N–H and O–H groups in total. The molecule has 2 heterocycles. The van der Waals surface area contributed by atoms with Gasteiger partial charge in [-0.2, -0.15) is 0 Å². The fourth-order valence-electron chi connectivity index (χ4n) is 5.63. The van der Waals surface area contributed by atoms with E-state index in [4.69, 9.17) is 14.4 Å². The predicted molar refractivity (Wildman–Crippen MR) is 186 cm³/mol. The zero-order chi connectivity index (χ0) is 30.0. The van der Waals surface area contributed by atoms with Crippen molar-refractivity contribution in [3.8, 4) is 11.3 Å². The first kappa shape index (κ1) is 27.1. The Hall–Kier alpha value is -5.80. The van der Waals surface area contributed by atoms with Gasteiger partial charge < -0.3 is 4.42 Å². The lowest BCUT2D eigenvalue weighted by Gasteiger charge is -2.12. The minimum Gasteiger partial charge on any atom is -0.454 e. The summed E-state index contributed by atoms with van der Waals surface area (Å²) in [6.07, 6.45) is 2.04. The van der Waals surface area contributed by atoms with Crippen LogP contribution >= 0.6 is 0 Å². The average molecular weight is 567 g/mol. The molecule has 0 aliphatic carbocycles. The van der Waals surface area contributed by atoms with E-state index in [9.17, 15) is 0 Å². The second-order valence-corrected chi connectivity index (χ2v) is 10.9. The molecule has 0 spiro atoms. The van der Waals surface area contributed by atoms with Gasteiger partial charge in [-0.1, -0.05) is 134 Å². The van der Waals surface area contributed by atoms with Gasteiger partial charge in [0.1, 0.15) is 11.3 Å². The Balaban J connectivity index is 1.34. The van der Waals surface area contributed by atoms with Crippen molar-refractivity contribution in [3.05, 3.63) is 175 Å². The van der Waals surface area contributed by atoms with Crippen LogP contribution in [0.4, 0.5) is 0 Å². The maximum atomic E-state index is 6.42. The zero-order valence-electron chi connectivity index (χ0n) is 24.5. The van der Waals surface area contributed by atoms with Crippen molar-refractivity contribution in [3.63, 3.8) is 0 Å². The molecular weight excluding hydrogens is 536 g/mol. The molecule has 0 bridgehead atoms. The monoisotopic (exact) mass is 566 g/mol. The summed E-state index contributed by atoms with van der Waals surface area (Å²) in [5.74, 6) is 0. The number of nitrogens with zero attached hydrogens (tertiary/aromatic N) is 2.